The molecule has 1 saturated heterocycles. The van der Waals surface area contributed by atoms with Crippen LogP contribution in [0.3, 0.4) is 0 Å². The van der Waals surface area contributed by atoms with Crippen molar-refractivity contribution in [1.82, 2.24) is 9.80 Å². The standard InChI is InChI=1S/C22H24N4O2/c1-28-21-7-6-19(12-18(21)15-23)24-22(27)26-10-8-25(9-11-26)20-13-16-4-2-3-5-17(16)14-20/h2-7,12,20H,8-11,13-14H2,1H3,(H,24,27). The zero-order valence-corrected chi connectivity index (χ0v) is 16.0. The van der Waals surface area contributed by atoms with Gasteiger partial charge in [0.05, 0.1) is 12.7 Å². The maximum absolute atomic E-state index is 12.6. The lowest BCUT2D eigenvalue weighted by Crippen LogP contribution is -2.53. The van der Waals surface area contributed by atoms with Crippen LogP contribution in [0, 0.1) is 11.3 Å². The van der Waals surface area contributed by atoms with Crippen LogP contribution in [0.4, 0.5) is 10.5 Å². The number of fused-ring (bicyclic) bond motifs is 1. The summed E-state index contributed by atoms with van der Waals surface area (Å²) < 4.78 is 5.15. The van der Waals surface area contributed by atoms with Crippen LogP contribution in [0.1, 0.15) is 16.7 Å². The molecule has 0 radical (unpaired) electrons. The number of urea groups is 1. The largest absolute Gasteiger partial charge is 0.495 e. The number of nitrogens with zero attached hydrogens (tertiary/aromatic N) is 3. The molecule has 2 aromatic carbocycles. The third kappa shape index (κ3) is 3.67. The summed E-state index contributed by atoms with van der Waals surface area (Å²) >= 11 is 0. The molecule has 1 aliphatic heterocycles. The van der Waals surface area contributed by atoms with Gasteiger partial charge in [0.25, 0.3) is 0 Å². The van der Waals surface area contributed by atoms with Crippen molar-refractivity contribution in [2.45, 2.75) is 18.9 Å². The Morgan fingerprint density at radius 1 is 1.11 bits per heavy atom. The fourth-order valence-corrected chi connectivity index (χ4v) is 4.16. The molecule has 1 heterocycles. The summed E-state index contributed by atoms with van der Waals surface area (Å²) in [5.41, 5.74) is 3.93. The lowest BCUT2D eigenvalue weighted by molar-refractivity contribution is 0.116. The number of nitriles is 1. The molecule has 2 amide bonds. The van der Waals surface area contributed by atoms with Gasteiger partial charge < -0.3 is 15.0 Å². The highest BCUT2D eigenvalue weighted by molar-refractivity contribution is 5.89. The Hall–Kier alpha value is -3.04. The lowest BCUT2D eigenvalue weighted by Gasteiger charge is -2.38. The Bertz CT molecular complexity index is 888. The Balaban J connectivity index is 1.32. The van der Waals surface area contributed by atoms with E-state index in [0.717, 1.165) is 25.9 Å². The number of hydrogen-bond acceptors (Lipinski definition) is 4. The Labute approximate surface area is 165 Å². The number of benzene rings is 2. The average molecular weight is 376 g/mol. The number of anilines is 1. The van der Waals surface area contributed by atoms with Crippen molar-refractivity contribution in [3.05, 3.63) is 59.2 Å². The van der Waals surface area contributed by atoms with Gasteiger partial charge in [-0.15, -0.1) is 0 Å². The van der Waals surface area contributed by atoms with Crippen molar-refractivity contribution in [3.63, 3.8) is 0 Å². The lowest BCUT2D eigenvalue weighted by atomic mass is 10.1. The number of hydrogen-bond donors (Lipinski definition) is 1. The van der Waals surface area contributed by atoms with E-state index >= 15 is 0 Å². The minimum absolute atomic E-state index is 0.122. The Kier molecular flexibility index (Phi) is 5.18. The SMILES string of the molecule is COc1ccc(NC(=O)N2CCN(C3Cc4ccccc4C3)CC2)cc1C#N. The first-order valence-electron chi connectivity index (χ1n) is 9.63. The molecule has 0 atom stereocenters. The maximum atomic E-state index is 12.6. The molecular formula is C22H24N4O2. The van der Waals surface area contributed by atoms with Crippen molar-refractivity contribution < 1.29 is 9.53 Å². The van der Waals surface area contributed by atoms with Crippen LogP contribution >= 0.6 is 0 Å². The van der Waals surface area contributed by atoms with E-state index in [9.17, 15) is 10.1 Å². The van der Waals surface area contributed by atoms with Crippen molar-refractivity contribution in [3.8, 4) is 11.8 Å². The summed E-state index contributed by atoms with van der Waals surface area (Å²) in [7, 11) is 1.52. The molecule has 0 bridgehead atoms. The molecule has 0 saturated carbocycles. The van der Waals surface area contributed by atoms with Gasteiger partial charge in [-0.2, -0.15) is 5.26 Å². The van der Waals surface area contributed by atoms with Gasteiger partial charge in [-0.05, 0) is 42.2 Å². The normalized spacial score (nSPS) is 17.1. The highest BCUT2D eigenvalue weighted by Gasteiger charge is 2.30. The highest BCUT2D eigenvalue weighted by Crippen LogP contribution is 2.26. The fraction of sp³-hybridized carbons (Fsp3) is 0.364. The third-order valence-corrected chi connectivity index (χ3v) is 5.72. The molecule has 0 aromatic heterocycles. The van der Waals surface area contributed by atoms with Crippen LogP contribution in [0.25, 0.3) is 0 Å². The quantitative estimate of drug-likeness (QED) is 0.894. The number of nitrogens with one attached hydrogen (secondary N) is 1. The second kappa shape index (κ2) is 7.91. The molecule has 4 rings (SSSR count). The highest BCUT2D eigenvalue weighted by atomic mass is 16.5. The molecule has 1 aliphatic carbocycles. The fourth-order valence-electron chi connectivity index (χ4n) is 4.16. The van der Waals surface area contributed by atoms with E-state index in [0.29, 0.717) is 36.1 Å². The predicted molar refractivity (Wildman–Crippen MR) is 108 cm³/mol. The van der Waals surface area contributed by atoms with Crippen molar-refractivity contribution in [2.75, 3.05) is 38.6 Å². The number of piperazine rings is 1. The van der Waals surface area contributed by atoms with Crippen LogP contribution < -0.4 is 10.1 Å². The van der Waals surface area contributed by atoms with Crippen LogP contribution in [0.15, 0.2) is 42.5 Å². The zero-order chi connectivity index (χ0) is 19.5. The second-order valence-electron chi connectivity index (χ2n) is 7.31. The van der Waals surface area contributed by atoms with Crippen LogP contribution in [0.2, 0.25) is 0 Å². The smallest absolute Gasteiger partial charge is 0.321 e. The summed E-state index contributed by atoms with van der Waals surface area (Å²) in [5.74, 6) is 0.506. The number of methoxy groups -OCH3 is 1. The van der Waals surface area contributed by atoms with E-state index in [2.05, 4.69) is 40.6 Å². The van der Waals surface area contributed by atoms with Gasteiger partial charge in [-0.3, -0.25) is 4.90 Å². The second-order valence-corrected chi connectivity index (χ2v) is 7.31. The Morgan fingerprint density at radius 2 is 1.79 bits per heavy atom. The molecule has 6 heteroatoms. The van der Waals surface area contributed by atoms with E-state index in [1.807, 2.05) is 4.90 Å². The van der Waals surface area contributed by atoms with Gasteiger partial charge in [-0.1, -0.05) is 24.3 Å². The topological polar surface area (TPSA) is 68.6 Å². The molecule has 2 aromatic rings. The first-order valence-corrected chi connectivity index (χ1v) is 9.63. The molecule has 0 unspecified atom stereocenters. The molecule has 0 spiro atoms. The molecule has 6 nitrogen and oxygen atoms in total. The first-order chi connectivity index (χ1) is 13.7. The number of carbonyl (C=O) groups is 1. The van der Waals surface area contributed by atoms with E-state index < -0.39 is 0 Å². The molecule has 1 N–H and O–H groups in total. The average Bonchev–Trinajstić information content (AvgIpc) is 3.18. The number of amides is 2. The zero-order valence-electron chi connectivity index (χ0n) is 16.0. The molecule has 144 valence electrons. The summed E-state index contributed by atoms with van der Waals surface area (Å²) in [6.07, 6.45) is 2.20. The summed E-state index contributed by atoms with van der Waals surface area (Å²) in [6.45, 7) is 3.19. The minimum Gasteiger partial charge on any atom is -0.495 e. The van der Waals surface area contributed by atoms with Crippen LogP contribution in [-0.4, -0.2) is 55.2 Å². The predicted octanol–water partition coefficient (Wildman–Crippen LogP) is 2.88. The van der Waals surface area contributed by atoms with E-state index in [-0.39, 0.29) is 6.03 Å². The van der Waals surface area contributed by atoms with Crippen molar-refractivity contribution in [2.24, 2.45) is 0 Å². The van der Waals surface area contributed by atoms with Crippen molar-refractivity contribution >= 4 is 11.7 Å². The van der Waals surface area contributed by atoms with E-state index in [1.54, 1.807) is 18.2 Å². The Morgan fingerprint density at radius 3 is 2.39 bits per heavy atom. The molecule has 28 heavy (non-hydrogen) atoms. The van der Waals surface area contributed by atoms with E-state index in [4.69, 9.17) is 4.74 Å². The van der Waals surface area contributed by atoms with Gasteiger partial charge in [0.15, 0.2) is 0 Å². The molecular weight excluding hydrogens is 352 g/mol. The molecule has 2 aliphatic rings. The third-order valence-electron chi connectivity index (χ3n) is 5.72. The number of ether oxygens (including phenoxy) is 1. The van der Waals surface area contributed by atoms with E-state index in [1.165, 1.54) is 18.2 Å². The van der Waals surface area contributed by atoms with Crippen molar-refractivity contribution in [1.29, 1.82) is 5.26 Å². The monoisotopic (exact) mass is 376 g/mol. The minimum atomic E-state index is -0.122. The summed E-state index contributed by atoms with van der Waals surface area (Å²) in [6, 6.07) is 16.3. The maximum Gasteiger partial charge on any atom is 0.321 e. The van der Waals surface area contributed by atoms with Gasteiger partial charge in [0.2, 0.25) is 0 Å². The summed E-state index contributed by atoms with van der Waals surface area (Å²) in [5, 5.41) is 12.1. The first kappa shape index (κ1) is 18.3. The summed E-state index contributed by atoms with van der Waals surface area (Å²) in [4.78, 5) is 17.0. The number of carbonyl (C=O) groups excluding carboxylic acids is 1. The van der Waals surface area contributed by atoms with Gasteiger partial charge in [-0.25, -0.2) is 4.79 Å². The van der Waals surface area contributed by atoms with Crippen LogP contribution in [-0.2, 0) is 12.8 Å². The van der Waals surface area contributed by atoms with Crippen LogP contribution in [0.5, 0.6) is 5.75 Å². The number of rotatable bonds is 3. The van der Waals surface area contributed by atoms with Gasteiger partial charge >= 0.3 is 6.03 Å². The molecule has 1 fully saturated rings. The van der Waals surface area contributed by atoms with Gasteiger partial charge in [0.1, 0.15) is 11.8 Å². The van der Waals surface area contributed by atoms with Gasteiger partial charge in [0, 0.05) is 37.9 Å².